The van der Waals surface area contributed by atoms with Gasteiger partial charge in [-0.1, -0.05) is 12.1 Å². The van der Waals surface area contributed by atoms with Crippen molar-refractivity contribution >= 4 is 16.4 Å². The number of amides is 2. The zero-order valence-corrected chi connectivity index (χ0v) is 14.7. The zero-order chi connectivity index (χ0) is 19.2. The highest BCUT2D eigenvalue weighted by Crippen LogP contribution is 2.38. The van der Waals surface area contributed by atoms with E-state index in [1.807, 2.05) is 0 Å². The fraction of sp³-hybridized carbons (Fsp3) is 0.400. The van der Waals surface area contributed by atoms with E-state index in [9.17, 15) is 18.3 Å². The molecule has 144 valence electrons. The Labute approximate surface area is 154 Å². The first-order valence-electron chi connectivity index (χ1n) is 8.17. The van der Waals surface area contributed by atoms with E-state index in [4.69, 9.17) is 8.97 Å². The molecule has 0 saturated carbocycles. The van der Waals surface area contributed by atoms with Gasteiger partial charge in [-0.15, -0.1) is 14.5 Å². The van der Waals surface area contributed by atoms with Gasteiger partial charge in [-0.2, -0.15) is 13.5 Å². The SMILES string of the molecule is O=C1N2C[C@@H](CC[C@H]2c2nnc(Cc3ccc(O)cc3)o2)N1OS(=O)(=O)O. The lowest BCUT2D eigenvalue weighted by Crippen LogP contribution is -2.35. The molecule has 2 saturated heterocycles. The van der Waals surface area contributed by atoms with Gasteiger partial charge in [0, 0.05) is 6.54 Å². The van der Waals surface area contributed by atoms with Gasteiger partial charge in [-0.05, 0) is 30.5 Å². The van der Waals surface area contributed by atoms with E-state index in [1.165, 1.54) is 4.90 Å². The highest BCUT2D eigenvalue weighted by atomic mass is 32.3. The van der Waals surface area contributed by atoms with Gasteiger partial charge in [0.25, 0.3) is 0 Å². The number of aromatic hydroxyl groups is 1. The molecule has 1 aromatic carbocycles. The maximum absolute atomic E-state index is 12.4. The van der Waals surface area contributed by atoms with Crippen LogP contribution in [0.3, 0.4) is 0 Å². The van der Waals surface area contributed by atoms with E-state index in [1.54, 1.807) is 24.3 Å². The van der Waals surface area contributed by atoms with Crippen LogP contribution < -0.4 is 0 Å². The molecule has 2 aliphatic rings. The molecule has 1 aromatic heterocycles. The van der Waals surface area contributed by atoms with Crippen molar-refractivity contribution in [3.8, 4) is 5.75 Å². The molecule has 3 heterocycles. The van der Waals surface area contributed by atoms with Crippen molar-refractivity contribution in [2.75, 3.05) is 6.54 Å². The smallest absolute Gasteiger partial charge is 0.418 e. The number of phenols is 1. The average molecular weight is 396 g/mol. The summed E-state index contributed by atoms with van der Waals surface area (Å²) in [6, 6.07) is 4.93. The number of hydrogen-bond donors (Lipinski definition) is 2. The first-order chi connectivity index (χ1) is 12.8. The van der Waals surface area contributed by atoms with Crippen LogP contribution in [0.15, 0.2) is 28.7 Å². The number of piperidine rings is 1. The Bertz CT molecular complexity index is 959. The minimum Gasteiger partial charge on any atom is -0.508 e. The third-order valence-electron chi connectivity index (χ3n) is 4.56. The van der Waals surface area contributed by atoms with Crippen molar-refractivity contribution in [3.63, 3.8) is 0 Å². The van der Waals surface area contributed by atoms with Crippen LogP contribution in [0.1, 0.15) is 36.2 Å². The van der Waals surface area contributed by atoms with E-state index < -0.39 is 28.5 Å². The van der Waals surface area contributed by atoms with Gasteiger partial charge in [0.05, 0.1) is 12.5 Å². The normalized spacial score (nSPS) is 22.5. The van der Waals surface area contributed by atoms with Crippen LogP contribution in [-0.4, -0.2) is 56.9 Å². The quantitative estimate of drug-likeness (QED) is 0.708. The number of benzene rings is 1. The highest BCUT2D eigenvalue weighted by Gasteiger charge is 2.49. The maximum Gasteiger partial charge on any atom is 0.418 e. The van der Waals surface area contributed by atoms with Crippen molar-refractivity contribution in [3.05, 3.63) is 41.6 Å². The molecule has 2 bridgehead atoms. The predicted molar refractivity (Wildman–Crippen MR) is 87.5 cm³/mol. The molecule has 0 spiro atoms. The minimum atomic E-state index is -4.79. The number of hydroxylamine groups is 2. The van der Waals surface area contributed by atoms with Crippen molar-refractivity contribution < 1.29 is 31.6 Å². The summed E-state index contributed by atoms with van der Waals surface area (Å²) >= 11 is 0. The van der Waals surface area contributed by atoms with Crippen LogP contribution in [-0.2, 0) is 21.1 Å². The number of phenolic OH excluding ortho intramolecular Hbond substituents is 1. The third-order valence-corrected chi connectivity index (χ3v) is 4.91. The summed E-state index contributed by atoms with van der Waals surface area (Å²) in [5.41, 5.74) is 0.872. The topological polar surface area (TPSA) is 146 Å². The zero-order valence-electron chi connectivity index (χ0n) is 13.9. The van der Waals surface area contributed by atoms with Crippen LogP contribution in [0.25, 0.3) is 0 Å². The molecular weight excluding hydrogens is 380 g/mol. The molecule has 2 aliphatic heterocycles. The van der Waals surface area contributed by atoms with Crippen molar-refractivity contribution in [1.82, 2.24) is 20.2 Å². The maximum atomic E-state index is 12.4. The van der Waals surface area contributed by atoms with Gasteiger partial charge in [-0.25, -0.2) is 4.79 Å². The number of fused-ring (bicyclic) bond motifs is 2. The number of carbonyl (C=O) groups is 1. The molecule has 12 heteroatoms. The number of aromatic nitrogens is 2. The number of hydrogen-bond acceptors (Lipinski definition) is 8. The molecular formula is C15H16N4O7S. The van der Waals surface area contributed by atoms with E-state index >= 15 is 0 Å². The second-order valence-corrected chi connectivity index (χ2v) is 7.39. The van der Waals surface area contributed by atoms with E-state index in [2.05, 4.69) is 14.5 Å². The molecule has 0 aliphatic carbocycles. The fourth-order valence-electron chi connectivity index (χ4n) is 3.35. The number of nitrogens with zero attached hydrogens (tertiary/aromatic N) is 4. The fourth-order valence-corrected chi connectivity index (χ4v) is 3.74. The molecule has 2 aromatic rings. The molecule has 2 atom stereocenters. The number of rotatable bonds is 5. The molecule has 2 N–H and O–H groups in total. The van der Waals surface area contributed by atoms with Gasteiger partial charge in [0.2, 0.25) is 11.8 Å². The highest BCUT2D eigenvalue weighted by molar-refractivity contribution is 7.80. The van der Waals surface area contributed by atoms with Crippen molar-refractivity contribution in [2.45, 2.75) is 31.3 Å². The summed E-state index contributed by atoms with van der Waals surface area (Å²) in [5.74, 6) is 0.769. The number of urea groups is 1. The van der Waals surface area contributed by atoms with E-state index in [-0.39, 0.29) is 18.2 Å². The summed E-state index contributed by atoms with van der Waals surface area (Å²) in [4.78, 5) is 13.8. The summed E-state index contributed by atoms with van der Waals surface area (Å²) in [5, 5.41) is 18.0. The largest absolute Gasteiger partial charge is 0.508 e. The van der Waals surface area contributed by atoms with Gasteiger partial charge < -0.3 is 14.4 Å². The number of carbonyl (C=O) groups excluding carboxylic acids is 1. The first-order valence-corrected chi connectivity index (χ1v) is 9.54. The summed E-state index contributed by atoms with van der Waals surface area (Å²) < 4.78 is 40.8. The lowest BCUT2D eigenvalue weighted by molar-refractivity contribution is -0.0317. The van der Waals surface area contributed by atoms with Gasteiger partial charge in [-0.3, -0.25) is 4.55 Å². The Morgan fingerprint density at radius 1 is 1.22 bits per heavy atom. The lowest BCUT2D eigenvalue weighted by atomic mass is 10.0. The summed E-state index contributed by atoms with van der Waals surface area (Å²) in [6.07, 6.45) is 1.31. The van der Waals surface area contributed by atoms with Crippen LogP contribution in [0.5, 0.6) is 5.75 Å². The molecule has 2 amide bonds. The van der Waals surface area contributed by atoms with Crippen LogP contribution in [0.4, 0.5) is 4.79 Å². The molecule has 2 fully saturated rings. The Hall–Kier alpha value is -2.70. The second kappa shape index (κ2) is 6.48. The van der Waals surface area contributed by atoms with Crippen molar-refractivity contribution in [1.29, 1.82) is 0 Å². The predicted octanol–water partition coefficient (Wildman–Crippen LogP) is 1.04. The first kappa shape index (κ1) is 17.7. The molecule has 27 heavy (non-hydrogen) atoms. The molecule has 11 nitrogen and oxygen atoms in total. The summed E-state index contributed by atoms with van der Waals surface area (Å²) in [6.45, 7) is 0.231. The van der Waals surface area contributed by atoms with Gasteiger partial charge >= 0.3 is 16.4 Å². The van der Waals surface area contributed by atoms with Crippen LogP contribution >= 0.6 is 0 Å². The molecule has 4 rings (SSSR count). The van der Waals surface area contributed by atoms with Crippen LogP contribution in [0, 0.1) is 0 Å². The monoisotopic (exact) mass is 396 g/mol. The standard InChI is InChI=1S/C15H16N4O7S/c20-11-4-1-9(2-5-11)7-13-16-17-14(25-13)12-6-3-10-8-18(12)15(21)19(10)26-27(22,23)24/h1-2,4-5,10,12,20H,3,6-8H2,(H,22,23,24)/t10-,12+/m1/s1. The summed E-state index contributed by atoms with van der Waals surface area (Å²) in [7, 11) is -4.79. The van der Waals surface area contributed by atoms with E-state index in [0.717, 1.165) is 5.56 Å². The third kappa shape index (κ3) is 3.59. The Morgan fingerprint density at radius 2 is 1.96 bits per heavy atom. The second-order valence-electron chi connectivity index (χ2n) is 6.39. The Morgan fingerprint density at radius 3 is 2.67 bits per heavy atom. The van der Waals surface area contributed by atoms with Crippen molar-refractivity contribution in [2.24, 2.45) is 0 Å². The minimum absolute atomic E-state index is 0.158. The average Bonchev–Trinajstić information content (AvgIpc) is 3.16. The van der Waals surface area contributed by atoms with Gasteiger partial charge in [0.15, 0.2) is 0 Å². The van der Waals surface area contributed by atoms with E-state index in [0.29, 0.717) is 30.2 Å². The Kier molecular flexibility index (Phi) is 4.25. The molecule has 0 unspecified atom stereocenters. The lowest BCUT2D eigenvalue weighted by Gasteiger charge is -2.27. The van der Waals surface area contributed by atoms with Gasteiger partial charge in [0.1, 0.15) is 11.8 Å². The Balaban J connectivity index is 1.49. The van der Waals surface area contributed by atoms with Crippen LogP contribution in [0.2, 0.25) is 0 Å². The molecule has 0 radical (unpaired) electrons.